The van der Waals surface area contributed by atoms with Crippen molar-refractivity contribution in [3.63, 3.8) is 0 Å². The van der Waals surface area contributed by atoms with Crippen LogP contribution in [0, 0.1) is 23.7 Å². The van der Waals surface area contributed by atoms with Gasteiger partial charge in [0.25, 0.3) is 0 Å². The first-order valence-corrected chi connectivity index (χ1v) is 8.35. The second-order valence-corrected chi connectivity index (χ2v) is 5.08. The second-order valence-electron chi connectivity index (χ2n) is 5.08. The van der Waals surface area contributed by atoms with Gasteiger partial charge < -0.3 is 9.47 Å². The van der Waals surface area contributed by atoms with Crippen LogP contribution in [0.2, 0.25) is 0 Å². The Bertz CT molecular complexity index is 603. The standard InChI is InChI=1S/C21H26O4/c1-4-16-21(25-20(3)23)17-14-12-10-8-6-5-7-9-11-13-15-18-24-19(2)22/h6,8,10,12,14,17,21H,4,13,15-16,18H2,1-3H3/b8-6+,12-10+,17-14+. The van der Waals surface area contributed by atoms with Gasteiger partial charge in [-0.1, -0.05) is 49.5 Å². The Balaban J connectivity index is 4.04. The average molecular weight is 342 g/mol. The average Bonchev–Trinajstić information content (AvgIpc) is 2.54. The van der Waals surface area contributed by atoms with Crippen LogP contribution in [0.4, 0.5) is 0 Å². The molecule has 0 heterocycles. The lowest BCUT2D eigenvalue weighted by Crippen LogP contribution is -2.12. The Morgan fingerprint density at radius 1 is 1.04 bits per heavy atom. The molecule has 134 valence electrons. The van der Waals surface area contributed by atoms with Crippen LogP contribution in [0.15, 0.2) is 36.5 Å². The third kappa shape index (κ3) is 17.5. The summed E-state index contributed by atoms with van der Waals surface area (Å²) in [4.78, 5) is 21.5. The lowest BCUT2D eigenvalue weighted by atomic mass is 10.2. The molecule has 0 N–H and O–H groups in total. The maximum absolute atomic E-state index is 11.0. The Morgan fingerprint density at radius 3 is 2.48 bits per heavy atom. The van der Waals surface area contributed by atoms with Crippen molar-refractivity contribution < 1.29 is 19.1 Å². The largest absolute Gasteiger partial charge is 0.466 e. The van der Waals surface area contributed by atoms with Gasteiger partial charge in [0.1, 0.15) is 6.10 Å². The molecule has 4 nitrogen and oxygen atoms in total. The number of unbranched alkanes of at least 4 members (excludes halogenated alkanes) is 1. The van der Waals surface area contributed by atoms with Crippen molar-refractivity contribution in [2.24, 2.45) is 0 Å². The molecule has 0 spiro atoms. The van der Waals surface area contributed by atoms with Gasteiger partial charge in [0.15, 0.2) is 0 Å². The zero-order chi connectivity index (χ0) is 18.8. The molecule has 25 heavy (non-hydrogen) atoms. The Kier molecular flexibility index (Phi) is 14.4. The summed E-state index contributed by atoms with van der Waals surface area (Å²) in [5.74, 6) is 10.6. The molecule has 0 fully saturated rings. The van der Waals surface area contributed by atoms with E-state index in [0.717, 1.165) is 12.8 Å². The van der Waals surface area contributed by atoms with E-state index in [-0.39, 0.29) is 18.0 Å². The fourth-order valence-electron chi connectivity index (χ4n) is 1.67. The monoisotopic (exact) mass is 342 g/mol. The minimum atomic E-state index is -0.270. The minimum absolute atomic E-state index is 0.174. The fourth-order valence-corrected chi connectivity index (χ4v) is 1.67. The van der Waals surface area contributed by atoms with E-state index in [1.165, 1.54) is 13.8 Å². The molecule has 1 atom stereocenters. The summed E-state index contributed by atoms with van der Waals surface area (Å²) >= 11 is 0. The summed E-state index contributed by atoms with van der Waals surface area (Å²) in [5.41, 5.74) is 0. The van der Waals surface area contributed by atoms with E-state index in [1.54, 1.807) is 12.2 Å². The number of carbonyl (C=O) groups is 2. The van der Waals surface area contributed by atoms with E-state index in [0.29, 0.717) is 19.4 Å². The molecule has 0 saturated carbocycles. The van der Waals surface area contributed by atoms with E-state index >= 15 is 0 Å². The first-order valence-electron chi connectivity index (χ1n) is 8.35. The molecule has 0 radical (unpaired) electrons. The SMILES string of the molecule is CCCC(/C=C/C=C/C=C/C#CC#CCCCOC(C)=O)OC(C)=O. The Hall–Kier alpha value is -2.72. The highest BCUT2D eigenvalue weighted by molar-refractivity contribution is 5.66. The molecule has 0 aromatic heterocycles. The minimum Gasteiger partial charge on any atom is -0.466 e. The van der Waals surface area contributed by atoms with Gasteiger partial charge in [0.05, 0.1) is 6.61 Å². The number of allylic oxidation sites excluding steroid dienone is 5. The highest BCUT2D eigenvalue weighted by Gasteiger charge is 2.05. The summed E-state index contributed by atoms with van der Waals surface area (Å²) in [6, 6.07) is 0. The van der Waals surface area contributed by atoms with Crippen LogP contribution in [0.1, 0.15) is 46.5 Å². The van der Waals surface area contributed by atoms with Crippen molar-refractivity contribution in [3.05, 3.63) is 36.5 Å². The zero-order valence-corrected chi connectivity index (χ0v) is 15.2. The molecule has 0 aliphatic heterocycles. The first-order chi connectivity index (χ1) is 12.1. The van der Waals surface area contributed by atoms with Crippen LogP contribution in [-0.4, -0.2) is 24.6 Å². The molecule has 0 amide bonds. The highest BCUT2D eigenvalue weighted by Crippen LogP contribution is 2.04. The summed E-state index contributed by atoms with van der Waals surface area (Å²) in [6.45, 7) is 5.24. The molecule has 0 rings (SSSR count). The van der Waals surface area contributed by atoms with Gasteiger partial charge in [0.2, 0.25) is 0 Å². The van der Waals surface area contributed by atoms with Crippen molar-refractivity contribution in [2.75, 3.05) is 6.61 Å². The number of ether oxygens (including phenoxy) is 2. The molecule has 0 bridgehead atoms. The van der Waals surface area contributed by atoms with Crippen LogP contribution in [-0.2, 0) is 19.1 Å². The van der Waals surface area contributed by atoms with E-state index in [9.17, 15) is 9.59 Å². The molecule has 4 heteroatoms. The van der Waals surface area contributed by atoms with Crippen molar-refractivity contribution in [1.29, 1.82) is 0 Å². The second kappa shape index (κ2) is 16.1. The fraction of sp³-hybridized carbons (Fsp3) is 0.429. The van der Waals surface area contributed by atoms with Crippen LogP contribution in [0.3, 0.4) is 0 Å². The third-order valence-electron chi connectivity index (χ3n) is 2.70. The highest BCUT2D eigenvalue weighted by atomic mass is 16.5. The lowest BCUT2D eigenvalue weighted by molar-refractivity contribution is -0.144. The molecular weight excluding hydrogens is 316 g/mol. The van der Waals surface area contributed by atoms with Crippen molar-refractivity contribution in [3.8, 4) is 23.7 Å². The van der Waals surface area contributed by atoms with Gasteiger partial charge in [0, 0.05) is 20.3 Å². The summed E-state index contributed by atoms with van der Waals surface area (Å²) in [6.07, 6.45) is 13.9. The molecule has 0 saturated heterocycles. The predicted molar refractivity (Wildman–Crippen MR) is 99.3 cm³/mol. The Labute approximate surface area is 151 Å². The summed E-state index contributed by atoms with van der Waals surface area (Å²) in [7, 11) is 0. The maximum Gasteiger partial charge on any atom is 0.303 e. The number of carbonyl (C=O) groups excluding carboxylic acids is 2. The van der Waals surface area contributed by atoms with Crippen LogP contribution in [0.25, 0.3) is 0 Å². The summed E-state index contributed by atoms with van der Waals surface area (Å²) < 4.78 is 9.96. The quantitative estimate of drug-likeness (QED) is 0.277. The molecule has 0 aliphatic carbocycles. The van der Waals surface area contributed by atoms with E-state index in [1.807, 2.05) is 31.2 Å². The topological polar surface area (TPSA) is 52.6 Å². The number of esters is 2. The molecular formula is C21H26O4. The van der Waals surface area contributed by atoms with Crippen LogP contribution in [0.5, 0.6) is 0 Å². The van der Waals surface area contributed by atoms with E-state index in [2.05, 4.69) is 23.7 Å². The van der Waals surface area contributed by atoms with Gasteiger partial charge in [-0.05, 0) is 36.8 Å². The maximum atomic E-state index is 11.0. The van der Waals surface area contributed by atoms with Gasteiger partial charge in [-0.15, -0.1) is 0 Å². The predicted octanol–water partition coefficient (Wildman–Crippen LogP) is 3.74. The van der Waals surface area contributed by atoms with E-state index < -0.39 is 0 Å². The molecule has 0 aromatic carbocycles. The summed E-state index contributed by atoms with van der Waals surface area (Å²) in [5, 5.41) is 0. The van der Waals surface area contributed by atoms with Gasteiger partial charge >= 0.3 is 11.9 Å². The van der Waals surface area contributed by atoms with Crippen LogP contribution < -0.4 is 0 Å². The first kappa shape index (κ1) is 22.3. The van der Waals surface area contributed by atoms with E-state index in [4.69, 9.17) is 9.47 Å². The van der Waals surface area contributed by atoms with Gasteiger partial charge in [-0.25, -0.2) is 0 Å². The Morgan fingerprint density at radius 2 is 1.80 bits per heavy atom. The van der Waals surface area contributed by atoms with Crippen LogP contribution >= 0.6 is 0 Å². The lowest BCUT2D eigenvalue weighted by Gasteiger charge is -2.10. The molecule has 0 aliphatic rings. The van der Waals surface area contributed by atoms with Crippen molar-refractivity contribution in [1.82, 2.24) is 0 Å². The zero-order valence-electron chi connectivity index (χ0n) is 15.2. The van der Waals surface area contributed by atoms with Gasteiger partial charge in [-0.3, -0.25) is 9.59 Å². The normalized spacial score (nSPS) is 11.6. The number of hydrogen-bond acceptors (Lipinski definition) is 4. The number of rotatable bonds is 9. The molecule has 0 aromatic rings. The third-order valence-corrected chi connectivity index (χ3v) is 2.70. The van der Waals surface area contributed by atoms with Crippen molar-refractivity contribution in [2.45, 2.75) is 52.6 Å². The van der Waals surface area contributed by atoms with Crippen molar-refractivity contribution >= 4 is 11.9 Å². The van der Waals surface area contributed by atoms with Gasteiger partial charge in [-0.2, -0.15) is 0 Å². The molecule has 1 unspecified atom stereocenters. The smallest absolute Gasteiger partial charge is 0.303 e. The number of hydrogen-bond donors (Lipinski definition) is 0.